The first-order chi connectivity index (χ1) is 16.0. The number of aliphatic hydroxyl groups is 2. The van der Waals surface area contributed by atoms with Crippen molar-refractivity contribution >= 4 is 24.0 Å². The van der Waals surface area contributed by atoms with Gasteiger partial charge in [-0.2, -0.15) is 0 Å². The Bertz CT molecular complexity index is 1120. The number of hydrogen-bond donors (Lipinski definition) is 3. The minimum Gasteiger partial charge on any atom is -0.449 e. The smallest absolute Gasteiger partial charge is 0.407 e. The average Bonchev–Trinajstić information content (AvgIpc) is 3.16. The normalized spacial score (nSPS) is 14.2. The molecule has 6 nitrogen and oxygen atoms in total. The zero-order valence-corrected chi connectivity index (χ0v) is 18.5. The minimum absolute atomic E-state index is 0.0327. The molecular weight excluding hydrogens is 442 g/mol. The summed E-state index contributed by atoms with van der Waals surface area (Å²) < 4.78 is 5.46. The van der Waals surface area contributed by atoms with Crippen LogP contribution in [0.1, 0.15) is 45.5 Å². The van der Waals surface area contributed by atoms with Crippen molar-refractivity contribution in [2.45, 2.75) is 24.5 Å². The van der Waals surface area contributed by atoms with E-state index >= 15 is 0 Å². The van der Waals surface area contributed by atoms with Gasteiger partial charge in [0.2, 0.25) is 0 Å². The number of carbonyl (C=O) groups excluding carboxylic acids is 2. The molecule has 0 aromatic heterocycles. The van der Waals surface area contributed by atoms with Gasteiger partial charge in [-0.25, -0.2) is 4.79 Å². The van der Waals surface area contributed by atoms with E-state index in [0.717, 1.165) is 22.3 Å². The van der Waals surface area contributed by atoms with E-state index in [-0.39, 0.29) is 30.5 Å². The number of ether oxygens (including phenoxy) is 1. The zero-order chi connectivity index (χ0) is 23.4. The van der Waals surface area contributed by atoms with Crippen LogP contribution in [0.3, 0.4) is 0 Å². The Morgan fingerprint density at radius 3 is 2.27 bits per heavy atom. The second kappa shape index (κ2) is 10.2. The first-order valence-electron chi connectivity index (χ1n) is 10.7. The fourth-order valence-electron chi connectivity index (χ4n) is 4.17. The van der Waals surface area contributed by atoms with E-state index in [0.29, 0.717) is 17.4 Å². The summed E-state index contributed by atoms with van der Waals surface area (Å²) in [6.07, 6.45) is -2.19. The average molecular weight is 466 g/mol. The van der Waals surface area contributed by atoms with E-state index in [1.807, 2.05) is 36.4 Å². The fourth-order valence-corrected chi connectivity index (χ4v) is 4.41. The van der Waals surface area contributed by atoms with E-state index in [2.05, 4.69) is 17.4 Å². The Morgan fingerprint density at radius 2 is 1.67 bits per heavy atom. The number of nitrogens with one attached hydrogen (secondary N) is 1. The summed E-state index contributed by atoms with van der Waals surface area (Å²) in [7, 11) is 0. The van der Waals surface area contributed by atoms with E-state index in [1.54, 1.807) is 0 Å². The summed E-state index contributed by atoms with van der Waals surface area (Å²) in [6.45, 7) is 0.321. The van der Waals surface area contributed by atoms with Crippen molar-refractivity contribution in [1.82, 2.24) is 5.32 Å². The molecule has 0 heterocycles. The van der Waals surface area contributed by atoms with Crippen molar-refractivity contribution in [2.75, 3.05) is 13.2 Å². The molecule has 170 valence electrons. The highest BCUT2D eigenvalue weighted by molar-refractivity contribution is 6.33. The zero-order valence-electron chi connectivity index (χ0n) is 17.8. The van der Waals surface area contributed by atoms with Gasteiger partial charge in [0.25, 0.3) is 0 Å². The van der Waals surface area contributed by atoms with Gasteiger partial charge >= 0.3 is 6.09 Å². The predicted molar refractivity (Wildman–Crippen MR) is 125 cm³/mol. The lowest BCUT2D eigenvalue weighted by molar-refractivity contribution is 0.0137. The number of fused-ring (bicyclic) bond motifs is 3. The van der Waals surface area contributed by atoms with Crippen molar-refractivity contribution in [3.8, 4) is 11.1 Å². The lowest BCUT2D eigenvalue weighted by Gasteiger charge is -2.19. The van der Waals surface area contributed by atoms with Crippen LogP contribution in [0.4, 0.5) is 4.79 Å². The maximum Gasteiger partial charge on any atom is 0.407 e. The third-order valence-corrected chi connectivity index (χ3v) is 6.24. The minimum atomic E-state index is -1.20. The topological polar surface area (TPSA) is 95.9 Å². The standard InChI is InChI=1S/C26H24ClNO5/c27-23-13-16(9-10-17(23)14-29)25(31)24(30)11-12-28-26(32)33-15-22-20-7-3-1-5-18(20)19-6-2-4-8-21(19)22/h1-10,13-14,22,24-25,30-31H,11-12,15H2,(H,28,32). The van der Waals surface area contributed by atoms with Gasteiger partial charge in [0.15, 0.2) is 6.29 Å². The molecule has 0 saturated heterocycles. The lowest BCUT2D eigenvalue weighted by Crippen LogP contribution is -2.30. The third kappa shape index (κ3) is 4.93. The van der Waals surface area contributed by atoms with E-state index in [4.69, 9.17) is 16.3 Å². The largest absolute Gasteiger partial charge is 0.449 e. The Balaban J connectivity index is 1.28. The monoisotopic (exact) mass is 465 g/mol. The summed E-state index contributed by atoms with van der Waals surface area (Å²) in [6, 6.07) is 20.6. The van der Waals surface area contributed by atoms with Crippen molar-refractivity contribution in [2.24, 2.45) is 0 Å². The van der Waals surface area contributed by atoms with Gasteiger partial charge in [0.05, 0.1) is 11.1 Å². The summed E-state index contributed by atoms with van der Waals surface area (Å²) in [5, 5.41) is 23.4. The van der Waals surface area contributed by atoms with Crippen LogP contribution in [0.2, 0.25) is 5.02 Å². The molecule has 0 aliphatic heterocycles. The first kappa shape index (κ1) is 23.0. The van der Waals surface area contributed by atoms with Crippen molar-refractivity contribution in [3.05, 3.63) is 94.0 Å². The van der Waals surface area contributed by atoms with Gasteiger partial charge in [-0.3, -0.25) is 4.79 Å². The van der Waals surface area contributed by atoms with Gasteiger partial charge in [-0.1, -0.05) is 66.2 Å². The predicted octanol–water partition coefficient (Wildman–Crippen LogP) is 4.48. The van der Waals surface area contributed by atoms with Crippen molar-refractivity contribution in [1.29, 1.82) is 0 Å². The highest BCUT2D eigenvalue weighted by Crippen LogP contribution is 2.44. The highest BCUT2D eigenvalue weighted by Gasteiger charge is 2.29. The molecule has 1 aliphatic rings. The van der Waals surface area contributed by atoms with Crippen molar-refractivity contribution < 1.29 is 24.5 Å². The maximum absolute atomic E-state index is 12.2. The maximum atomic E-state index is 12.2. The Labute approximate surface area is 196 Å². The van der Waals surface area contributed by atoms with E-state index in [1.165, 1.54) is 18.2 Å². The third-order valence-electron chi connectivity index (χ3n) is 5.91. The number of halogens is 1. The van der Waals surface area contributed by atoms with Crippen LogP contribution in [-0.2, 0) is 4.74 Å². The number of benzene rings is 3. The summed E-state index contributed by atoms with van der Waals surface area (Å²) >= 11 is 5.98. The molecule has 4 rings (SSSR count). The Hall–Kier alpha value is -3.19. The van der Waals surface area contributed by atoms with Gasteiger partial charge < -0.3 is 20.3 Å². The molecule has 1 amide bonds. The Morgan fingerprint density at radius 1 is 1.03 bits per heavy atom. The lowest BCUT2D eigenvalue weighted by atomic mass is 9.98. The summed E-state index contributed by atoms with van der Waals surface area (Å²) in [5.41, 5.74) is 5.26. The van der Waals surface area contributed by atoms with Crippen LogP contribution in [-0.4, -0.2) is 41.8 Å². The number of hydrogen-bond acceptors (Lipinski definition) is 5. The molecule has 3 N–H and O–H groups in total. The molecule has 3 aromatic carbocycles. The van der Waals surface area contributed by atoms with Crippen LogP contribution in [0.25, 0.3) is 11.1 Å². The molecule has 0 fully saturated rings. The second-order valence-corrected chi connectivity index (χ2v) is 8.36. The van der Waals surface area contributed by atoms with Crippen LogP contribution in [0, 0.1) is 0 Å². The van der Waals surface area contributed by atoms with Crippen LogP contribution < -0.4 is 5.32 Å². The molecule has 0 spiro atoms. The molecular formula is C26H24ClNO5. The highest BCUT2D eigenvalue weighted by atomic mass is 35.5. The molecule has 3 aromatic rings. The molecule has 0 saturated carbocycles. The number of alkyl carbamates (subject to hydrolysis) is 1. The van der Waals surface area contributed by atoms with Gasteiger partial charge in [0.1, 0.15) is 12.7 Å². The molecule has 0 bridgehead atoms. The number of aliphatic hydroxyl groups excluding tert-OH is 2. The second-order valence-electron chi connectivity index (χ2n) is 7.95. The number of rotatable bonds is 8. The fraction of sp³-hybridized carbons (Fsp3) is 0.231. The molecule has 33 heavy (non-hydrogen) atoms. The SMILES string of the molecule is O=Cc1ccc(C(O)C(O)CCNC(=O)OCC2c3ccccc3-c3ccccc32)cc1Cl. The first-order valence-corrected chi connectivity index (χ1v) is 11.1. The van der Waals surface area contributed by atoms with Gasteiger partial charge in [-0.15, -0.1) is 0 Å². The van der Waals surface area contributed by atoms with E-state index < -0.39 is 18.3 Å². The quantitative estimate of drug-likeness (QED) is 0.426. The molecule has 1 aliphatic carbocycles. The van der Waals surface area contributed by atoms with Crippen LogP contribution in [0.5, 0.6) is 0 Å². The van der Waals surface area contributed by atoms with Gasteiger partial charge in [-0.05, 0) is 46.4 Å². The van der Waals surface area contributed by atoms with Gasteiger partial charge in [0, 0.05) is 18.0 Å². The summed E-state index contributed by atoms with van der Waals surface area (Å²) in [5.74, 6) is -0.0327. The number of carbonyl (C=O) groups is 2. The van der Waals surface area contributed by atoms with Crippen LogP contribution >= 0.6 is 11.6 Å². The number of aldehydes is 1. The summed E-state index contributed by atoms with van der Waals surface area (Å²) in [4.78, 5) is 23.1. The molecule has 0 radical (unpaired) electrons. The van der Waals surface area contributed by atoms with Crippen molar-refractivity contribution in [3.63, 3.8) is 0 Å². The van der Waals surface area contributed by atoms with Crippen LogP contribution in [0.15, 0.2) is 66.7 Å². The number of amides is 1. The Kier molecular flexibility index (Phi) is 7.08. The molecule has 2 unspecified atom stereocenters. The van der Waals surface area contributed by atoms with E-state index in [9.17, 15) is 19.8 Å². The molecule has 7 heteroatoms. The molecule has 2 atom stereocenters.